The molecule has 0 heterocycles. The Balaban J connectivity index is -0.000000152. The minimum atomic E-state index is -1.25. The maximum absolute atomic E-state index is 10.1. The Kier molecular flexibility index (Phi) is 28.7. The molecule has 0 aromatic heterocycles. The van der Waals surface area contributed by atoms with E-state index in [0.29, 0.717) is 19.4 Å². The Morgan fingerprint density at radius 1 is 1.59 bits per heavy atom. The first-order valence-electron chi connectivity index (χ1n) is 3.96. The third kappa shape index (κ3) is 26.1. The average molecular weight is 293 g/mol. The fourth-order valence-corrected chi connectivity index (χ4v) is 0.663. The van der Waals surface area contributed by atoms with Gasteiger partial charge in [-0.15, -0.1) is 0 Å². The van der Waals surface area contributed by atoms with E-state index in [1.807, 2.05) is 0 Å². The van der Waals surface area contributed by atoms with Crippen LogP contribution < -0.4 is 79.4 Å². The number of carboxylic acids is 1. The molecule has 0 spiro atoms. The predicted octanol–water partition coefficient (Wildman–Crippen LogP) is -5.32. The summed E-state index contributed by atoms with van der Waals surface area (Å²) in [5.74, 6) is -1.38. The molecule has 0 amide bonds. The first kappa shape index (κ1) is 26.0. The molecule has 1 unspecified atom stereocenters. The molecule has 1 atom stereocenters. The van der Waals surface area contributed by atoms with Gasteiger partial charge in [-0.2, -0.15) is 0 Å². The monoisotopic (exact) mass is 293 g/mol. The van der Waals surface area contributed by atoms with Gasteiger partial charge in [0.05, 0.1) is 5.97 Å². The number of rotatable bonds is 5. The summed E-state index contributed by atoms with van der Waals surface area (Å²) in [6.07, 6.45) is 0.872. The molecular formula is C6H17KN5O4P. The van der Waals surface area contributed by atoms with E-state index in [0.717, 1.165) is 0 Å². The summed E-state index contributed by atoms with van der Waals surface area (Å²) in [4.78, 5) is 17.1. The molecule has 11 heteroatoms. The van der Waals surface area contributed by atoms with E-state index < -0.39 is 20.7 Å². The van der Waals surface area contributed by atoms with Crippen molar-refractivity contribution in [3.8, 4) is 0 Å². The fraction of sp³-hybridized carbons (Fsp3) is 0.667. The van der Waals surface area contributed by atoms with Crippen molar-refractivity contribution in [3.63, 3.8) is 0 Å². The average Bonchev–Trinajstić information content (AvgIpc) is 2.12. The van der Waals surface area contributed by atoms with Gasteiger partial charge in [-0.1, -0.05) is 0 Å². The van der Waals surface area contributed by atoms with Crippen molar-refractivity contribution in [3.05, 3.63) is 0 Å². The summed E-state index contributed by atoms with van der Waals surface area (Å²) in [7, 11) is -0.833. The van der Waals surface area contributed by atoms with E-state index in [9.17, 15) is 9.90 Å². The van der Waals surface area contributed by atoms with Crippen molar-refractivity contribution in [2.45, 2.75) is 18.9 Å². The molecule has 0 saturated carbocycles. The molecule has 0 aromatic carbocycles. The summed E-state index contributed by atoms with van der Waals surface area (Å²) in [6.45, 7) is 0.455. The van der Waals surface area contributed by atoms with Crippen molar-refractivity contribution in [2.75, 3.05) is 6.54 Å². The topological polar surface area (TPSA) is 200 Å². The number of carbonyl (C=O) groups excluding carboxylic acids is 1. The van der Waals surface area contributed by atoms with Gasteiger partial charge in [0.15, 0.2) is 5.96 Å². The standard InChI is InChI=1S/C6H14N4O2.K.H3N.HO2P/c7-4(5(11)12)2-1-3-10-6(8)9;;;1-3-2/h4H,1-3,7H2,(H,11,12)(H4,8,9,10);;1H3;(H,1,2)/q;+1;;/p-1. The van der Waals surface area contributed by atoms with Gasteiger partial charge in [-0.3, -0.25) is 5.41 Å². The third-order valence-corrected chi connectivity index (χ3v) is 1.31. The normalized spacial score (nSPS) is 9.76. The molecule has 0 saturated heterocycles. The Morgan fingerprint density at radius 3 is 2.29 bits per heavy atom. The van der Waals surface area contributed by atoms with E-state index in [1.54, 1.807) is 0 Å². The van der Waals surface area contributed by atoms with Gasteiger partial charge >= 0.3 is 60.1 Å². The van der Waals surface area contributed by atoms with Crippen molar-refractivity contribution in [2.24, 2.45) is 11.5 Å². The quantitative estimate of drug-likeness (QED) is 0.0947. The second-order valence-electron chi connectivity index (χ2n) is 2.49. The fourth-order valence-electron chi connectivity index (χ4n) is 0.663. The van der Waals surface area contributed by atoms with Crippen LogP contribution in [0.5, 0.6) is 0 Å². The number of aliphatic carboxylic acids is 1. The number of guanidine groups is 1. The molecule has 9 nitrogen and oxygen atoms in total. The van der Waals surface area contributed by atoms with Crippen LogP contribution in [0.2, 0.25) is 0 Å². The molecule has 0 bridgehead atoms. The Bertz CT molecular complexity index is 221. The maximum Gasteiger partial charge on any atom is 1.00 e. The summed E-state index contributed by atoms with van der Waals surface area (Å²) < 4.78 is 8.46. The summed E-state index contributed by atoms with van der Waals surface area (Å²) in [6, 6.07) is -0.932. The van der Waals surface area contributed by atoms with Gasteiger partial charge in [0.1, 0.15) is 0 Å². The predicted molar refractivity (Wildman–Crippen MR) is 57.0 cm³/mol. The molecule has 17 heavy (non-hydrogen) atoms. The molecule has 0 aliphatic carbocycles. The van der Waals surface area contributed by atoms with Crippen molar-refractivity contribution in [1.82, 2.24) is 11.5 Å². The minimum absolute atomic E-state index is 0. The summed E-state index contributed by atoms with van der Waals surface area (Å²) in [5, 5.41) is 19.4. The van der Waals surface area contributed by atoms with E-state index in [2.05, 4.69) is 5.32 Å². The van der Waals surface area contributed by atoms with E-state index in [-0.39, 0.29) is 63.5 Å². The van der Waals surface area contributed by atoms with Crippen LogP contribution in [-0.2, 0) is 9.36 Å². The maximum atomic E-state index is 10.1. The van der Waals surface area contributed by atoms with Crippen LogP contribution in [0, 0.1) is 5.41 Å². The zero-order chi connectivity index (χ0) is 12.3. The van der Waals surface area contributed by atoms with Crippen molar-refractivity contribution in [1.29, 1.82) is 5.41 Å². The first-order valence-corrected chi connectivity index (χ1v) is 4.73. The van der Waals surface area contributed by atoms with Gasteiger partial charge in [-0.25, -0.2) is 4.57 Å². The van der Waals surface area contributed by atoms with E-state index in [4.69, 9.17) is 26.3 Å². The van der Waals surface area contributed by atoms with Crippen molar-refractivity contribution < 1.29 is 70.7 Å². The second-order valence-corrected chi connectivity index (χ2v) is 2.65. The Labute approximate surface area is 143 Å². The van der Waals surface area contributed by atoms with Crippen LogP contribution in [0.25, 0.3) is 0 Å². The van der Waals surface area contributed by atoms with Crippen LogP contribution >= 0.6 is 8.69 Å². The van der Waals surface area contributed by atoms with E-state index >= 15 is 0 Å². The molecular weight excluding hydrogens is 276 g/mol. The number of nitrogens with one attached hydrogen (secondary N) is 2. The molecule has 0 aliphatic heterocycles. The zero-order valence-corrected chi connectivity index (χ0v) is 13.7. The van der Waals surface area contributed by atoms with Gasteiger partial charge in [0, 0.05) is 12.6 Å². The summed E-state index contributed by atoms with van der Waals surface area (Å²) >= 11 is 0. The Morgan fingerprint density at radius 2 is 2.00 bits per heavy atom. The molecule has 0 aromatic rings. The smallest absolute Gasteiger partial charge is 0.548 e. The molecule has 96 valence electrons. The number of carboxylic acid groups (broad SMARTS) is 1. The molecule has 10 N–H and O–H groups in total. The SMILES string of the molecule is N.N=C(N)NCCCC(N)C(=O)[O-].O=PO.[K+]. The van der Waals surface area contributed by atoms with Gasteiger partial charge in [0.2, 0.25) is 0 Å². The number of hydrogen-bond donors (Lipinski definition) is 6. The number of carbonyl (C=O) groups is 1. The number of nitrogens with two attached hydrogens (primary N) is 2. The third-order valence-electron chi connectivity index (χ3n) is 1.31. The van der Waals surface area contributed by atoms with Gasteiger partial charge < -0.3 is 37.7 Å². The minimum Gasteiger partial charge on any atom is -0.548 e. The van der Waals surface area contributed by atoms with Crippen LogP contribution in [0.1, 0.15) is 12.8 Å². The molecule has 0 aliphatic rings. The van der Waals surface area contributed by atoms with Gasteiger partial charge in [0.25, 0.3) is 0 Å². The largest absolute Gasteiger partial charge is 1.00 e. The molecule has 0 rings (SSSR count). The van der Waals surface area contributed by atoms with Crippen LogP contribution in [0.4, 0.5) is 0 Å². The van der Waals surface area contributed by atoms with Crippen LogP contribution in [-0.4, -0.2) is 29.4 Å². The zero-order valence-electron chi connectivity index (χ0n) is 9.68. The molecule has 0 fully saturated rings. The first-order chi connectivity index (χ1) is 6.95. The molecule has 0 radical (unpaired) electrons. The number of hydrogen-bond acceptors (Lipinski definition) is 6. The second kappa shape index (κ2) is 18.7. The Hall–Kier alpha value is 0.356. The summed E-state index contributed by atoms with van der Waals surface area (Å²) in [5.41, 5.74) is 10.1. The van der Waals surface area contributed by atoms with E-state index in [1.165, 1.54) is 0 Å². The van der Waals surface area contributed by atoms with Crippen LogP contribution in [0.3, 0.4) is 0 Å². The van der Waals surface area contributed by atoms with Gasteiger partial charge in [-0.05, 0) is 12.8 Å². The van der Waals surface area contributed by atoms with Crippen LogP contribution in [0.15, 0.2) is 0 Å². The van der Waals surface area contributed by atoms with Crippen molar-refractivity contribution >= 4 is 20.6 Å².